The van der Waals surface area contributed by atoms with Gasteiger partial charge in [-0.2, -0.15) is 0 Å². The first kappa shape index (κ1) is 20.4. The molecule has 0 aliphatic heterocycles. The van der Waals surface area contributed by atoms with Gasteiger partial charge in [0.15, 0.2) is 0 Å². The quantitative estimate of drug-likeness (QED) is 0.513. The summed E-state index contributed by atoms with van der Waals surface area (Å²) >= 11 is 0. The van der Waals surface area contributed by atoms with Gasteiger partial charge in [-0.05, 0) is 31.5 Å². The van der Waals surface area contributed by atoms with Gasteiger partial charge < -0.3 is 4.90 Å². The van der Waals surface area contributed by atoms with E-state index in [2.05, 4.69) is 0 Å². The number of sulfonamides is 1. The first-order chi connectivity index (χ1) is 12.7. The average Bonchev–Trinajstić information content (AvgIpc) is 2.65. The minimum absolute atomic E-state index is 0.0231. The van der Waals surface area contributed by atoms with E-state index in [4.69, 9.17) is 5.21 Å². The van der Waals surface area contributed by atoms with E-state index in [9.17, 15) is 18.0 Å². The SMILES string of the molecule is Cc1ccc(S(=O)(=O)NC(=O)N(Cc2ccccc2)[C@@H](C)C(=O)NO)cc1. The highest BCUT2D eigenvalue weighted by molar-refractivity contribution is 7.90. The maximum Gasteiger partial charge on any atom is 0.332 e. The van der Waals surface area contributed by atoms with Crippen molar-refractivity contribution < 1.29 is 23.2 Å². The van der Waals surface area contributed by atoms with Crippen molar-refractivity contribution in [3.63, 3.8) is 0 Å². The third kappa shape index (κ3) is 5.28. The second-order valence-electron chi connectivity index (χ2n) is 5.99. The van der Waals surface area contributed by atoms with Crippen LogP contribution in [0.25, 0.3) is 0 Å². The molecule has 0 aliphatic carbocycles. The molecule has 0 spiro atoms. The van der Waals surface area contributed by atoms with Crippen LogP contribution in [0.4, 0.5) is 4.79 Å². The lowest BCUT2D eigenvalue weighted by molar-refractivity contribution is -0.133. The Kier molecular flexibility index (Phi) is 6.54. The van der Waals surface area contributed by atoms with E-state index in [0.29, 0.717) is 5.56 Å². The summed E-state index contributed by atoms with van der Waals surface area (Å²) in [6.45, 7) is 3.17. The van der Waals surface area contributed by atoms with Crippen molar-refractivity contribution in [2.24, 2.45) is 0 Å². The number of nitrogens with zero attached hydrogens (tertiary/aromatic N) is 1. The molecular formula is C18H21N3O5S. The molecule has 0 saturated carbocycles. The molecule has 0 aromatic heterocycles. The first-order valence-electron chi connectivity index (χ1n) is 8.12. The highest BCUT2D eigenvalue weighted by Gasteiger charge is 2.29. The van der Waals surface area contributed by atoms with Crippen molar-refractivity contribution in [3.8, 4) is 0 Å². The molecule has 0 bridgehead atoms. The number of hydroxylamine groups is 1. The Labute approximate surface area is 157 Å². The summed E-state index contributed by atoms with van der Waals surface area (Å²) in [4.78, 5) is 25.4. The van der Waals surface area contributed by atoms with Crippen LogP contribution in [-0.2, 0) is 21.4 Å². The Balaban J connectivity index is 2.27. The second-order valence-corrected chi connectivity index (χ2v) is 7.67. The van der Waals surface area contributed by atoms with Gasteiger partial charge in [-0.1, -0.05) is 48.0 Å². The van der Waals surface area contributed by atoms with Crippen molar-refractivity contribution in [2.75, 3.05) is 0 Å². The molecule has 2 aromatic rings. The number of carbonyl (C=O) groups excluding carboxylic acids is 2. The third-order valence-corrected chi connectivity index (χ3v) is 5.30. The molecule has 3 N–H and O–H groups in total. The molecule has 8 nitrogen and oxygen atoms in total. The van der Waals surface area contributed by atoms with Crippen molar-refractivity contribution in [2.45, 2.75) is 31.3 Å². The largest absolute Gasteiger partial charge is 0.332 e. The number of hydrogen-bond acceptors (Lipinski definition) is 5. The smallest absolute Gasteiger partial charge is 0.308 e. The summed E-state index contributed by atoms with van der Waals surface area (Å²) < 4.78 is 26.9. The highest BCUT2D eigenvalue weighted by Crippen LogP contribution is 2.13. The lowest BCUT2D eigenvalue weighted by Gasteiger charge is -2.27. The lowest BCUT2D eigenvalue weighted by Crippen LogP contribution is -2.51. The normalized spacial score (nSPS) is 12.1. The van der Waals surface area contributed by atoms with E-state index < -0.39 is 28.0 Å². The van der Waals surface area contributed by atoms with Gasteiger partial charge in [-0.25, -0.2) is 23.4 Å². The van der Waals surface area contributed by atoms with E-state index in [0.717, 1.165) is 10.5 Å². The predicted molar refractivity (Wildman–Crippen MR) is 98.3 cm³/mol. The second kappa shape index (κ2) is 8.65. The molecule has 3 amide bonds. The molecule has 2 rings (SSSR count). The third-order valence-electron chi connectivity index (χ3n) is 3.97. The van der Waals surface area contributed by atoms with Crippen LogP contribution < -0.4 is 10.2 Å². The zero-order valence-corrected chi connectivity index (χ0v) is 15.7. The van der Waals surface area contributed by atoms with Gasteiger partial charge in [-0.15, -0.1) is 0 Å². The fourth-order valence-electron chi connectivity index (χ4n) is 2.35. The highest BCUT2D eigenvalue weighted by atomic mass is 32.2. The topological polar surface area (TPSA) is 116 Å². The molecule has 0 aliphatic rings. The number of rotatable bonds is 6. The number of nitrogens with one attached hydrogen (secondary N) is 2. The Bertz CT molecular complexity index is 898. The average molecular weight is 391 g/mol. The van der Waals surface area contributed by atoms with Gasteiger partial charge in [0.05, 0.1) is 4.90 Å². The van der Waals surface area contributed by atoms with Gasteiger partial charge in [0.1, 0.15) is 6.04 Å². The number of aryl methyl sites for hydroxylation is 1. The number of amides is 3. The van der Waals surface area contributed by atoms with Crippen LogP contribution in [0, 0.1) is 6.92 Å². The van der Waals surface area contributed by atoms with Gasteiger partial charge in [0.25, 0.3) is 15.9 Å². The molecule has 27 heavy (non-hydrogen) atoms. The monoisotopic (exact) mass is 391 g/mol. The van der Waals surface area contributed by atoms with Gasteiger partial charge in [0.2, 0.25) is 0 Å². The Morgan fingerprint density at radius 1 is 1.07 bits per heavy atom. The van der Waals surface area contributed by atoms with Gasteiger partial charge in [-0.3, -0.25) is 10.0 Å². The molecule has 0 radical (unpaired) electrons. The maximum atomic E-state index is 12.6. The summed E-state index contributed by atoms with van der Waals surface area (Å²) in [6.07, 6.45) is 0. The molecule has 0 fully saturated rings. The van der Waals surface area contributed by atoms with Crippen molar-refractivity contribution in [1.29, 1.82) is 0 Å². The summed E-state index contributed by atoms with van der Waals surface area (Å²) in [5.41, 5.74) is 3.04. The molecular weight excluding hydrogens is 370 g/mol. The molecule has 0 heterocycles. The van der Waals surface area contributed by atoms with E-state index in [-0.39, 0.29) is 11.4 Å². The number of benzene rings is 2. The van der Waals surface area contributed by atoms with Crippen molar-refractivity contribution in [1.82, 2.24) is 15.1 Å². The number of carbonyl (C=O) groups is 2. The molecule has 0 unspecified atom stereocenters. The minimum atomic E-state index is -4.11. The van der Waals surface area contributed by atoms with Gasteiger partial charge >= 0.3 is 6.03 Å². The summed E-state index contributed by atoms with van der Waals surface area (Å²) in [5.74, 6) is -0.839. The van der Waals surface area contributed by atoms with E-state index >= 15 is 0 Å². The van der Waals surface area contributed by atoms with Crippen LogP contribution in [-0.4, -0.2) is 36.5 Å². The minimum Gasteiger partial charge on any atom is -0.308 e. The van der Waals surface area contributed by atoms with Gasteiger partial charge in [0, 0.05) is 6.54 Å². The van der Waals surface area contributed by atoms with Crippen LogP contribution in [0.1, 0.15) is 18.1 Å². The lowest BCUT2D eigenvalue weighted by atomic mass is 10.2. The van der Waals surface area contributed by atoms with Crippen LogP contribution in [0.2, 0.25) is 0 Å². The van der Waals surface area contributed by atoms with Crippen LogP contribution >= 0.6 is 0 Å². The Hall–Kier alpha value is -2.91. The number of hydrogen-bond donors (Lipinski definition) is 3. The van der Waals surface area contributed by atoms with Crippen molar-refractivity contribution >= 4 is 22.0 Å². The van der Waals surface area contributed by atoms with Crippen LogP contribution in [0.5, 0.6) is 0 Å². The molecule has 0 saturated heterocycles. The molecule has 144 valence electrons. The molecule has 9 heteroatoms. The van der Waals surface area contributed by atoms with E-state index in [1.807, 2.05) is 11.6 Å². The fourth-order valence-corrected chi connectivity index (χ4v) is 3.31. The summed E-state index contributed by atoms with van der Waals surface area (Å²) in [7, 11) is -4.11. The van der Waals surface area contributed by atoms with E-state index in [1.165, 1.54) is 24.5 Å². The van der Waals surface area contributed by atoms with Crippen LogP contribution in [0.3, 0.4) is 0 Å². The molecule has 2 aromatic carbocycles. The van der Waals surface area contributed by atoms with Crippen molar-refractivity contribution in [3.05, 3.63) is 65.7 Å². The number of urea groups is 1. The summed E-state index contributed by atoms with van der Waals surface area (Å²) in [6, 6.07) is 12.7. The zero-order valence-electron chi connectivity index (χ0n) is 14.9. The Morgan fingerprint density at radius 2 is 1.67 bits per heavy atom. The Morgan fingerprint density at radius 3 is 2.22 bits per heavy atom. The van der Waals surface area contributed by atoms with Crippen LogP contribution in [0.15, 0.2) is 59.5 Å². The zero-order chi connectivity index (χ0) is 20.0. The molecule has 1 atom stereocenters. The maximum absolute atomic E-state index is 12.6. The first-order valence-corrected chi connectivity index (χ1v) is 9.61. The predicted octanol–water partition coefficient (Wildman–Crippen LogP) is 1.79. The van der Waals surface area contributed by atoms with E-state index in [1.54, 1.807) is 42.5 Å². The standard InChI is InChI=1S/C18H21N3O5S/c1-13-8-10-16(11-9-13)27(25,26)20-18(23)21(14(2)17(22)19-24)12-15-6-4-3-5-7-15/h3-11,14,24H,12H2,1-2H3,(H,19,22)(H,20,23)/t14-/m0/s1. The summed E-state index contributed by atoms with van der Waals surface area (Å²) in [5, 5.41) is 8.86. The fraction of sp³-hybridized carbons (Fsp3) is 0.222.